The van der Waals surface area contributed by atoms with Gasteiger partial charge in [-0.05, 0) is 392 Å². The van der Waals surface area contributed by atoms with Crippen molar-refractivity contribution in [3.05, 3.63) is 49.6 Å². The average molecular weight is 1390 g/mol. The molecule has 0 aromatic heterocycles. The van der Waals surface area contributed by atoms with Crippen LogP contribution < -0.4 is 0 Å². The SMILES string of the molecule is C/C=C/C1CCC(C2CCC(C)CC2)CC1.C=CC1CCC(C2CCC(C)CC2)CC1.C=CCC1CCC(C2CCC(C)CC2)CC1.CC1CCC(/C=C/C2CCC(C)CC2)CC1.CC1CCC(C2CCC(C)CC2)CC1.CC1CCC(OCC2CCC(C3CCC(C)CC3)CC2)CC1.[HH].[HH].[HH].[HH].[HH].[HH].[HH].[HH].[HH].[HH].[HH].[HH].[HH]. The highest BCUT2D eigenvalue weighted by Crippen LogP contribution is 2.47. The van der Waals surface area contributed by atoms with E-state index in [9.17, 15) is 0 Å². The van der Waals surface area contributed by atoms with Gasteiger partial charge in [0.25, 0.3) is 0 Å². The lowest BCUT2D eigenvalue weighted by molar-refractivity contribution is -0.0110. The van der Waals surface area contributed by atoms with Crippen LogP contribution >= 0.6 is 0 Å². The monoisotopic (exact) mass is 1390 g/mol. The maximum absolute atomic E-state index is 6.27. The molecule has 99 heavy (non-hydrogen) atoms. The minimum atomic E-state index is 0. The van der Waals surface area contributed by atoms with Crippen molar-refractivity contribution in [2.75, 3.05) is 6.61 Å². The fourth-order valence-electron chi connectivity index (χ4n) is 23.4. The Morgan fingerprint density at radius 2 is 0.444 bits per heavy atom. The topological polar surface area (TPSA) is 9.23 Å². The molecule has 13 saturated carbocycles. The first-order valence-corrected chi connectivity index (χ1v) is 46.2. The lowest BCUT2D eigenvalue weighted by atomic mass is 9.69. The molecule has 0 amide bonds. The molecule has 0 heterocycles. The largest absolute Gasteiger partial charge is 0.378 e. The minimum Gasteiger partial charge on any atom is -0.378 e. The zero-order chi connectivity index (χ0) is 70.1. The predicted octanol–water partition coefficient (Wildman–Crippen LogP) is 34.4. The predicted molar refractivity (Wildman–Crippen MR) is 465 cm³/mol. The molecule has 13 fully saturated rings. The summed E-state index contributed by atoms with van der Waals surface area (Å²) in [4.78, 5) is 0. The van der Waals surface area contributed by atoms with E-state index in [-0.39, 0.29) is 18.5 Å². The van der Waals surface area contributed by atoms with E-state index >= 15 is 0 Å². The third kappa shape index (κ3) is 31.3. The Bertz CT molecular complexity index is 2060. The number of rotatable bonds is 14. The van der Waals surface area contributed by atoms with Crippen molar-refractivity contribution in [1.82, 2.24) is 0 Å². The third-order valence-corrected chi connectivity index (χ3v) is 31.7. The van der Waals surface area contributed by atoms with Crippen LogP contribution in [0.4, 0.5) is 0 Å². The zero-order valence-corrected chi connectivity index (χ0v) is 68.5. The summed E-state index contributed by atoms with van der Waals surface area (Å²) in [7, 11) is 0. The molecule has 13 rings (SSSR count). The van der Waals surface area contributed by atoms with Gasteiger partial charge in [0, 0.05) is 25.2 Å². The van der Waals surface area contributed by atoms with Crippen LogP contribution in [0.1, 0.15) is 428 Å². The summed E-state index contributed by atoms with van der Waals surface area (Å²) in [6, 6.07) is 0. The molecule has 0 spiro atoms. The first-order chi connectivity index (χ1) is 48.1. The molecule has 1 heteroatoms. The quantitative estimate of drug-likeness (QED) is 0.158. The van der Waals surface area contributed by atoms with Crippen molar-refractivity contribution in [3.63, 3.8) is 0 Å². The highest BCUT2D eigenvalue weighted by atomic mass is 16.5. The molecule has 0 aromatic rings. The number of hydrogen-bond acceptors (Lipinski definition) is 1. The summed E-state index contributed by atoms with van der Waals surface area (Å²) < 4.78 is 6.27. The van der Waals surface area contributed by atoms with Crippen molar-refractivity contribution < 1.29 is 23.3 Å². The van der Waals surface area contributed by atoms with E-state index < -0.39 is 0 Å². The first-order valence-electron chi connectivity index (χ1n) is 46.2. The Kier molecular flexibility index (Phi) is 39.6. The van der Waals surface area contributed by atoms with Crippen LogP contribution in [-0.2, 0) is 4.74 Å². The molecule has 1 nitrogen and oxygen atoms in total. The Hall–Kier alpha value is -1.08. The molecular weight excluding hydrogens is 1190 g/mol. The normalized spacial score (nSPS) is 42.5. The van der Waals surface area contributed by atoms with Crippen molar-refractivity contribution in [1.29, 1.82) is 0 Å². The molecule has 13 aliphatic carbocycles. The summed E-state index contributed by atoms with van der Waals surface area (Å²) in [5.41, 5.74) is 0. The molecular formula is C98H200O. The van der Waals surface area contributed by atoms with Crippen molar-refractivity contribution in [3.8, 4) is 0 Å². The smallest absolute Gasteiger partial charge is 0.0575 e. The highest BCUT2D eigenvalue weighted by Gasteiger charge is 2.35. The number of hydrogen-bond donors (Lipinski definition) is 0. The molecule has 0 bridgehead atoms. The third-order valence-electron chi connectivity index (χ3n) is 31.7. The van der Waals surface area contributed by atoms with Crippen LogP contribution in [0.15, 0.2) is 49.6 Å². The molecule has 0 saturated heterocycles. The van der Waals surface area contributed by atoms with Gasteiger partial charge in [0.1, 0.15) is 0 Å². The van der Waals surface area contributed by atoms with E-state index in [0.717, 1.165) is 155 Å². The molecule has 0 aromatic carbocycles. The fourth-order valence-corrected chi connectivity index (χ4v) is 23.4. The molecule has 0 radical (unpaired) electrons. The van der Waals surface area contributed by atoms with Gasteiger partial charge in [0.15, 0.2) is 0 Å². The van der Waals surface area contributed by atoms with Gasteiger partial charge in [-0.2, -0.15) is 0 Å². The molecule has 598 valence electrons. The van der Waals surface area contributed by atoms with Gasteiger partial charge < -0.3 is 4.74 Å². The van der Waals surface area contributed by atoms with Crippen LogP contribution in [-0.4, -0.2) is 12.7 Å². The maximum Gasteiger partial charge on any atom is 0.0575 e. The maximum atomic E-state index is 6.27. The molecule has 13 aliphatic rings. The summed E-state index contributed by atoms with van der Waals surface area (Å²) in [6.07, 6.45) is 92.9. The van der Waals surface area contributed by atoms with E-state index in [4.69, 9.17) is 4.74 Å². The lowest BCUT2D eigenvalue weighted by Gasteiger charge is -2.37. The Balaban J connectivity index is -0.000000296. The van der Waals surface area contributed by atoms with Gasteiger partial charge in [-0.25, -0.2) is 0 Å². The van der Waals surface area contributed by atoms with Gasteiger partial charge in [0.05, 0.1) is 6.10 Å². The number of allylic oxidation sites excluding steroid dienone is 6. The van der Waals surface area contributed by atoms with Crippen LogP contribution in [0.3, 0.4) is 0 Å². The standard InChI is InChI=1S/C21H38O.3C16H28.C15H26.C14H26.13H2/c1-16-3-9-19(10-4-16)20-11-7-18(8-12-20)15-22-21-13-5-17(2)6-14-21;1-13-3-7-15(8-4-13)11-12-16-9-5-14(2)6-10-16;2*1-3-4-14-7-11-16(12-8-14)15-9-5-13(2)6-10-15;1-3-13-6-10-15(11-7-13)14-8-4-12(2)5-9-14;1-11-3-7-13(8-4-11)14-9-5-12(2)6-10-14;;;;;;;;;;;;;/h16-21H,3-15H2,1-2H3;11-16H,3-10H2,1-2H3;3-4,13-16H,5-12H2,1-2H3;3,13-16H,1,4-12H2,2H3;3,12-15H,1,4-11H2,2H3;11-14H,3-10H2,1-2H3;13*1H/b;12-11+;4-3+;;;;;;;;;;;;;;;;. The molecule has 0 atom stereocenters. The summed E-state index contributed by atoms with van der Waals surface area (Å²) in [6.45, 7) is 32.8. The Labute approximate surface area is 640 Å². The van der Waals surface area contributed by atoms with Crippen LogP contribution in [0.5, 0.6) is 0 Å². The second kappa shape index (κ2) is 46.9. The second-order valence-electron chi connectivity index (χ2n) is 40.0. The van der Waals surface area contributed by atoms with Gasteiger partial charge >= 0.3 is 0 Å². The fraction of sp³-hybridized carbons (Fsp3) is 0.918. The van der Waals surface area contributed by atoms with Crippen molar-refractivity contribution in [2.45, 2.75) is 416 Å². The van der Waals surface area contributed by atoms with E-state index in [0.29, 0.717) is 6.10 Å². The van der Waals surface area contributed by atoms with Gasteiger partial charge in [-0.3, -0.25) is 0 Å². The van der Waals surface area contributed by atoms with Crippen LogP contribution in [0, 0.1) is 148 Å². The lowest BCUT2D eigenvalue weighted by Crippen LogP contribution is -2.28. The van der Waals surface area contributed by atoms with E-state index in [1.807, 2.05) is 0 Å². The van der Waals surface area contributed by atoms with Crippen molar-refractivity contribution >= 4 is 0 Å². The van der Waals surface area contributed by atoms with Crippen LogP contribution in [0.2, 0.25) is 0 Å². The number of ether oxygens (including phenoxy) is 1. The van der Waals surface area contributed by atoms with E-state index in [1.165, 1.54) is 315 Å². The van der Waals surface area contributed by atoms with Crippen molar-refractivity contribution in [2.24, 2.45) is 148 Å². The molecule has 0 unspecified atom stereocenters. The van der Waals surface area contributed by atoms with E-state index in [1.54, 1.807) is 25.7 Å². The summed E-state index contributed by atoms with van der Waals surface area (Å²) in [5.74, 6) is 25.2. The van der Waals surface area contributed by atoms with Gasteiger partial charge in [-0.1, -0.05) is 202 Å². The van der Waals surface area contributed by atoms with E-state index in [2.05, 4.69) is 119 Å². The molecule has 0 aliphatic heterocycles. The van der Waals surface area contributed by atoms with Gasteiger partial charge in [-0.15, -0.1) is 13.2 Å². The van der Waals surface area contributed by atoms with Gasteiger partial charge in [0.2, 0.25) is 0 Å². The first kappa shape index (κ1) is 83.6. The minimum absolute atomic E-state index is 0. The molecule has 0 N–H and O–H groups in total. The second-order valence-corrected chi connectivity index (χ2v) is 40.0. The summed E-state index contributed by atoms with van der Waals surface area (Å²) >= 11 is 0. The Morgan fingerprint density at radius 1 is 0.242 bits per heavy atom. The zero-order valence-electron chi connectivity index (χ0n) is 68.5. The average Bonchev–Trinajstić information content (AvgIpc) is 0.879. The Morgan fingerprint density at radius 3 is 0.697 bits per heavy atom. The summed E-state index contributed by atoms with van der Waals surface area (Å²) in [5, 5.41) is 0. The van der Waals surface area contributed by atoms with Crippen LogP contribution in [0.25, 0.3) is 0 Å². The highest BCUT2D eigenvalue weighted by molar-refractivity contribution is 4.97.